The topological polar surface area (TPSA) is 108 Å². The Hall–Kier alpha value is -3.65. The SMILES string of the molecule is CC(C)(C)O.CCn1c(=O)n(CC)c2cc(-c3c(N)nn(CC=O)c3-c3cccc(C)c3)ccc21. The number of aryl methyl sites for hydroxylation is 3. The lowest BCUT2D eigenvalue weighted by Gasteiger charge is -2.10. The molecule has 8 heteroatoms. The van der Waals surface area contributed by atoms with Gasteiger partial charge in [0.1, 0.15) is 6.29 Å². The van der Waals surface area contributed by atoms with Crippen molar-refractivity contribution < 1.29 is 9.90 Å². The van der Waals surface area contributed by atoms with Crippen molar-refractivity contribution in [3.63, 3.8) is 0 Å². The molecule has 0 radical (unpaired) electrons. The van der Waals surface area contributed by atoms with Crippen LogP contribution in [0.4, 0.5) is 5.82 Å². The van der Waals surface area contributed by atoms with Gasteiger partial charge in [0, 0.05) is 18.7 Å². The molecule has 0 saturated carbocycles. The predicted molar refractivity (Wildman–Crippen MR) is 141 cm³/mol. The number of aromatic nitrogens is 4. The van der Waals surface area contributed by atoms with E-state index in [1.54, 1.807) is 34.6 Å². The monoisotopic (exact) mass is 477 g/mol. The van der Waals surface area contributed by atoms with E-state index in [1.807, 2.05) is 57.2 Å². The van der Waals surface area contributed by atoms with E-state index >= 15 is 0 Å². The minimum atomic E-state index is -0.500. The fourth-order valence-corrected chi connectivity index (χ4v) is 4.14. The lowest BCUT2D eigenvalue weighted by Crippen LogP contribution is -2.22. The molecule has 0 saturated heterocycles. The molecular formula is C27H35N5O3. The molecule has 3 N–H and O–H groups in total. The smallest absolute Gasteiger partial charge is 0.329 e. The molecule has 8 nitrogen and oxygen atoms in total. The summed E-state index contributed by atoms with van der Waals surface area (Å²) in [6.07, 6.45) is 0.814. The number of rotatable bonds is 6. The van der Waals surface area contributed by atoms with Crippen LogP contribution in [0.15, 0.2) is 47.3 Å². The quantitative estimate of drug-likeness (QED) is 0.404. The molecule has 0 aliphatic rings. The normalized spacial score (nSPS) is 11.4. The zero-order valence-corrected chi connectivity index (χ0v) is 21.4. The van der Waals surface area contributed by atoms with Crippen LogP contribution in [0.25, 0.3) is 33.4 Å². The number of nitrogens with zero attached hydrogens (tertiary/aromatic N) is 4. The van der Waals surface area contributed by atoms with Crippen molar-refractivity contribution >= 4 is 23.1 Å². The lowest BCUT2D eigenvalue weighted by atomic mass is 9.99. The zero-order chi connectivity index (χ0) is 25.9. The number of aliphatic hydroxyl groups is 1. The predicted octanol–water partition coefficient (Wildman–Crippen LogP) is 4.24. The van der Waals surface area contributed by atoms with Gasteiger partial charge in [0.25, 0.3) is 0 Å². The molecule has 4 aromatic rings. The Balaban J connectivity index is 0.000000623. The number of aldehydes is 1. The van der Waals surface area contributed by atoms with Gasteiger partial charge in [0.05, 0.1) is 34.4 Å². The van der Waals surface area contributed by atoms with Crippen LogP contribution in [-0.2, 0) is 24.4 Å². The van der Waals surface area contributed by atoms with Crippen LogP contribution >= 0.6 is 0 Å². The molecule has 2 heterocycles. The minimum Gasteiger partial charge on any atom is -0.391 e. The molecule has 4 rings (SSSR count). The molecule has 35 heavy (non-hydrogen) atoms. The van der Waals surface area contributed by atoms with E-state index in [-0.39, 0.29) is 12.2 Å². The maximum atomic E-state index is 12.7. The Bertz CT molecular complexity index is 1400. The van der Waals surface area contributed by atoms with Crippen molar-refractivity contribution in [2.45, 2.75) is 66.8 Å². The van der Waals surface area contributed by atoms with Crippen LogP contribution in [0.1, 0.15) is 40.2 Å². The summed E-state index contributed by atoms with van der Waals surface area (Å²) in [6.45, 7) is 12.5. The Morgan fingerprint density at radius 2 is 1.63 bits per heavy atom. The summed E-state index contributed by atoms with van der Waals surface area (Å²) in [5.41, 5.74) is 12.0. The van der Waals surface area contributed by atoms with Gasteiger partial charge in [0.2, 0.25) is 0 Å². The molecule has 186 valence electrons. The van der Waals surface area contributed by atoms with E-state index in [1.165, 1.54) is 0 Å². The molecule has 0 aliphatic carbocycles. The molecule has 0 atom stereocenters. The highest BCUT2D eigenvalue weighted by molar-refractivity contribution is 5.92. The van der Waals surface area contributed by atoms with E-state index in [2.05, 4.69) is 11.2 Å². The van der Waals surface area contributed by atoms with Crippen molar-refractivity contribution in [1.29, 1.82) is 0 Å². The zero-order valence-electron chi connectivity index (χ0n) is 21.4. The molecule has 0 bridgehead atoms. The number of nitrogen functional groups attached to an aromatic ring is 1. The highest BCUT2D eigenvalue weighted by atomic mass is 16.3. The highest BCUT2D eigenvalue weighted by Crippen LogP contribution is 2.38. The maximum absolute atomic E-state index is 12.7. The number of hydrogen-bond donors (Lipinski definition) is 2. The molecule has 0 amide bonds. The lowest BCUT2D eigenvalue weighted by molar-refractivity contribution is -0.108. The summed E-state index contributed by atoms with van der Waals surface area (Å²) in [4.78, 5) is 24.0. The molecular weight excluding hydrogens is 442 g/mol. The second kappa shape index (κ2) is 10.3. The van der Waals surface area contributed by atoms with Crippen LogP contribution in [0.5, 0.6) is 0 Å². The summed E-state index contributed by atoms with van der Waals surface area (Å²) < 4.78 is 5.17. The average Bonchev–Trinajstić information content (AvgIpc) is 3.24. The van der Waals surface area contributed by atoms with Crippen molar-refractivity contribution in [2.24, 2.45) is 0 Å². The number of nitrogens with two attached hydrogens (primary N) is 1. The van der Waals surface area contributed by atoms with Crippen LogP contribution in [0.2, 0.25) is 0 Å². The number of carbonyl (C=O) groups is 1. The van der Waals surface area contributed by atoms with E-state index in [0.717, 1.165) is 45.3 Å². The number of imidazole rings is 1. The van der Waals surface area contributed by atoms with Gasteiger partial charge >= 0.3 is 5.69 Å². The van der Waals surface area contributed by atoms with E-state index in [9.17, 15) is 9.59 Å². The largest absolute Gasteiger partial charge is 0.391 e. The third-order valence-electron chi connectivity index (χ3n) is 5.46. The number of fused-ring (bicyclic) bond motifs is 1. The summed E-state index contributed by atoms with van der Waals surface area (Å²) >= 11 is 0. The van der Waals surface area contributed by atoms with Crippen molar-refractivity contribution in [1.82, 2.24) is 18.9 Å². The van der Waals surface area contributed by atoms with Crippen LogP contribution < -0.4 is 11.4 Å². The molecule has 0 fully saturated rings. The summed E-state index contributed by atoms with van der Waals surface area (Å²) in [5.74, 6) is 0.355. The molecule has 2 aromatic heterocycles. The van der Waals surface area contributed by atoms with Crippen molar-refractivity contribution in [2.75, 3.05) is 5.73 Å². The molecule has 0 spiro atoms. The second-order valence-electron chi connectivity index (χ2n) is 9.47. The van der Waals surface area contributed by atoms with Gasteiger partial charge in [-0.25, -0.2) is 4.79 Å². The number of hydrogen-bond acceptors (Lipinski definition) is 5. The first-order valence-electron chi connectivity index (χ1n) is 11.8. The Morgan fingerprint density at radius 3 is 2.20 bits per heavy atom. The van der Waals surface area contributed by atoms with Crippen LogP contribution in [0.3, 0.4) is 0 Å². The van der Waals surface area contributed by atoms with Gasteiger partial charge in [-0.1, -0.05) is 29.8 Å². The molecule has 0 aliphatic heterocycles. The minimum absolute atomic E-state index is 0.0179. The van der Waals surface area contributed by atoms with Gasteiger partial charge in [-0.3, -0.25) is 13.8 Å². The standard InChI is InChI=1S/C23H25N5O2.C4H10O/c1-4-26-18-10-9-16(14-19(18)27(5-2)23(26)30)20-21(17-8-6-7-15(3)13-17)28(11-12-29)25-22(20)24;1-4(2,3)5/h6-10,12-14H,4-5,11H2,1-3H3,(H2,24,25);5H,1-3H3. The summed E-state index contributed by atoms with van der Waals surface area (Å²) in [5, 5.41) is 13.0. The number of carbonyl (C=O) groups excluding carboxylic acids is 1. The van der Waals surface area contributed by atoms with Crippen molar-refractivity contribution in [3.8, 4) is 22.4 Å². The first-order chi connectivity index (χ1) is 16.5. The fraction of sp³-hybridized carbons (Fsp3) is 0.370. The number of anilines is 1. The third kappa shape index (κ3) is 5.54. The first-order valence-corrected chi connectivity index (χ1v) is 11.8. The van der Waals surface area contributed by atoms with Crippen LogP contribution in [-0.4, -0.2) is 35.9 Å². The van der Waals surface area contributed by atoms with E-state index in [0.29, 0.717) is 18.9 Å². The Kier molecular flexibility index (Phi) is 7.65. The third-order valence-corrected chi connectivity index (χ3v) is 5.46. The van der Waals surface area contributed by atoms with Gasteiger partial charge in [-0.15, -0.1) is 0 Å². The van der Waals surface area contributed by atoms with Crippen molar-refractivity contribution in [3.05, 3.63) is 58.5 Å². The van der Waals surface area contributed by atoms with Crippen LogP contribution in [0, 0.1) is 6.92 Å². The van der Waals surface area contributed by atoms with Gasteiger partial charge in [-0.2, -0.15) is 5.10 Å². The average molecular weight is 478 g/mol. The fourth-order valence-electron chi connectivity index (χ4n) is 4.14. The first kappa shape index (κ1) is 26.0. The van der Waals surface area contributed by atoms with Gasteiger partial charge in [0.15, 0.2) is 5.82 Å². The van der Waals surface area contributed by atoms with Gasteiger partial charge in [-0.05, 0) is 65.3 Å². The summed E-state index contributed by atoms with van der Waals surface area (Å²) in [7, 11) is 0. The van der Waals surface area contributed by atoms with E-state index in [4.69, 9.17) is 10.8 Å². The Morgan fingerprint density at radius 1 is 1.00 bits per heavy atom. The highest BCUT2D eigenvalue weighted by Gasteiger charge is 2.21. The van der Waals surface area contributed by atoms with E-state index < -0.39 is 5.60 Å². The Labute approximate surface area is 205 Å². The molecule has 2 aromatic carbocycles. The van der Waals surface area contributed by atoms with Gasteiger partial charge < -0.3 is 15.6 Å². The second-order valence-corrected chi connectivity index (χ2v) is 9.47. The number of benzene rings is 2. The maximum Gasteiger partial charge on any atom is 0.329 e. The summed E-state index contributed by atoms with van der Waals surface area (Å²) in [6, 6.07) is 13.9. The molecule has 0 unspecified atom stereocenters.